The van der Waals surface area contributed by atoms with Crippen LogP contribution in [0.3, 0.4) is 0 Å². The van der Waals surface area contributed by atoms with Crippen molar-refractivity contribution < 1.29 is 0 Å². The first-order valence-corrected chi connectivity index (χ1v) is 5.95. The molecule has 0 aliphatic rings. The predicted octanol–water partition coefficient (Wildman–Crippen LogP) is 0.900. The summed E-state index contributed by atoms with van der Waals surface area (Å²) in [5, 5.41) is 0. The molecule has 2 N–H and O–H groups in total. The molecule has 0 aliphatic heterocycles. The van der Waals surface area contributed by atoms with Gasteiger partial charge in [0.1, 0.15) is 5.82 Å². The Labute approximate surface area is 109 Å². The smallest absolute Gasteiger partial charge is 0.322 e. The highest BCUT2D eigenvalue weighted by Gasteiger charge is 2.15. The summed E-state index contributed by atoms with van der Waals surface area (Å²) in [5.41, 5.74) is 6.44. The third kappa shape index (κ3) is 1.82. The van der Waals surface area contributed by atoms with E-state index in [9.17, 15) is 4.79 Å². The molecule has 0 radical (unpaired) electrons. The van der Waals surface area contributed by atoms with Crippen molar-refractivity contribution in [2.45, 2.75) is 13.0 Å². The van der Waals surface area contributed by atoms with Gasteiger partial charge in [-0.25, -0.2) is 18.7 Å². The monoisotopic (exact) mass is 255 g/mol. The first-order chi connectivity index (χ1) is 9.18. The molecule has 0 saturated carbocycles. The zero-order valence-electron chi connectivity index (χ0n) is 10.4. The average Bonchev–Trinajstić information content (AvgIpc) is 2.88. The second kappa shape index (κ2) is 4.33. The van der Waals surface area contributed by atoms with Crippen LogP contribution in [0.15, 0.2) is 47.5 Å². The minimum absolute atomic E-state index is 0.221. The highest BCUT2D eigenvalue weighted by atomic mass is 16.1. The van der Waals surface area contributed by atoms with Gasteiger partial charge in [0.2, 0.25) is 5.78 Å². The maximum atomic E-state index is 12.5. The number of aromatic nitrogens is 4. The second-order valence-electron chi connectivity index (χ2n) is 4.31. The quantitative estimate of drug-likeness (QED) is 0.738. The van der Waals surface area contributed by atoms with Crippen LogP contribution in [0, 0.1) is 0 Å². The molecule has 6 nitrogen and oxygen atoms in total. The Kier molecular flexibility index (Phi) is 2.64. The number of para-hydroxylation sites is 1. The van der Waals surface area contributed by atoms with Crippen LogP contribution in [0.5, 0.6) is 0 Å². The number of nitrogens with two attached hydrogens (primary N) is 1. The highest BCUT2D eigenvalue weighted by molar-refractivity contribution is 5.36. The number of nitrogens with zero attached hydrogens (tertiary/aromatic N) is 4. The number of hydrogen-bond donors (Lipinski definition) is 1. The van der Waals surface area contributed by atoms with Gasteiger partial charge in [0.25, 0.3) is 0 Å². The fourth-order valence-electron chi connectivity index (χ4n) is 2.01. The molecular weight excluding hydrogens is 242 g/mol. The first-order valence-electron chi connectivity index (χ1n) is 5.95. The third-order valence-corrected chi connectivity index (χ3v) is 2.88. The Balaban J connectivity index is 2.41. The van der Waals surface area contributed by atoms with Gasteiger partial charge in [-0.1, -0.05) is 18.2 Å². The van der Waals surface area contributed by atoms with Crippen LogP contribution in [0.1, 0.15) is 18.8 Å². The van der Waals surface area contributed by atoms with Gasteiger partial charge < -0.3 is 5.73 Å². The third-order valence-electron chi connectivity index (χ3n) is 2.88. The lowest BCUT2D eigenvalue weighted by Crippen LogP contribution is -2.31. The Bertz CT molecular complexity index is 773. The van der Waals surface area contributed by atoms with Crippen molar-refractivity contribution in [3.8, 4) is 5.69 Å². The van der Waals surface area contributed by atoms with E-state index in [0.29, 0.717) is 11.6 Å². The summed E-state index contributed by atoms with van der Waals surface area (Å²) in [6, 6.07) is 8.95. The van der Waals surface area contributed by atoms with E-state index in [1.807, 2.05) is 30.3 Å². The number of benzene rings is 1. The maximum Gasteiger partial charge on any atom is 0.341 e. The van der Waals surface area contributed by atoms with E-state index in [2.05, 4.69) is 9.97 Å². The lowest BCUT2D eigenvalue weighted by Gasteiger charge is -2.14. The van der Waals surface area contributed by atoms with Gasteiger partial charge in [0.15, 0.2) is 0 Å². The zero-order chi connectivity index (χ0) is 13.4. The molecule has 1 unspecified atom stereocenters. The van der Waals surface area contributed by atoms with Crippen molar-refractivity contribution in [1.82, 2.24) is 18.9 Å². The second-order valence-corrected chi connectivity index (χ2v) is 4.31. The van der Waals surface area contributed by atoms with Crippen LogP contribution < -0.4 is 11.4 Å². The number of hydrogen-bond acceptors (Lipinski definition) is 4. The summed E-state index contributed by atoms with van der Waals surface area (Å²) in [5.74, 6) is 0.861. The summed E-state index contributed by atoms with van der Waals surface area (Å²) in [6.45, 7) is 1.79. The minimum Gasteiger partial charge on any atom is -0.322 e. The summed E-state index contributed by atoms with van der Waals surface area (Å²) in [4.78, 5) is 20.9. The fourth-order valence-corrected chi connectivity index (χ4v) is 2.01. The number of rotatable bonds is 2. The molecule has 0 spiro atoms. The Morgan fingerprint density at radius 2 is 2.00 bits per heavy atom. The van der Waals surface area contributed by atoms with Crippen LogP contribution in [-0.2, 0) is 0 Å². The standard InChI is InChI=1S/C13H13N5O/c1-9(14)11-16-12-15-7-8-17(12)13(19)18(11)10-5-3-2-4-6-10/h2-9H,14H2,1H3. The molecule has 1 atom stereocenters. The van der Waals surface area contributed by atoms with E-state index in [4.69, 9.17) is 5.73 Å². The molecule has 1 aromatic carbocycles. The van der Waals surface area contributed by atoms with Gasteiger partial charge in [0, 0.05) is 12.4 Å². The van der Waals surface area contributed by atoms with Crippen LogP contribution in [0.4, 0.5) is 0 Å². The normalized spacial score (nSPS) is 12.7. The van der Waals surface area contributed by atoms with Crippen LogP contribution in [0.2, 0.25) is 0 Å². The Morgan fingerprint density at radius 1 is 1.26 bits per heavy atom. The number of imidazole rings is 1. The van der Waals surface area contributed by atoms with Crippen molar-refractivity contribution in [2.75, 3.05) is 0 Å². The van der Waals surface area contributed by atoms with E-state index in [0.717, 1.165) is 5.69 Å². The molecule has 19 heavy (non-hydrogen) atoms. The van der Waals surface area contributed by atoms with E-state index >= 15 is 0 Å². The average molecular weight is 255 g/mol. The van der Waals surface area contributed by atoms with Crippen LogP contribution in [0.25, 0.3) is 11.5 Å². The molecule has 0 fully saturated rings. The molecule has 3 aromatic rings. The summed E-state index contributed by atoms with van der Waals surface area (Å²) < 4.78 is 2.91. The van der Waals surface area contributed by atoms with Gasteiger partial charge in [-0.05, 0) is 19.1 Å². The van der Waals surface area contributed by atoms with Crippen LogP contribution in [-0.4, -0.2) is 18.9 Å². The van der Waals surface area contributed by atoms with Crippen molar-refractivity contribution in [3.63, 3.8) is 0 Å². The molecule has 6 heteroatoms. The van der Waals surface area contributed by atoms with Gasteiger partial charge in [-0.3, -0.25) is 0 Å². The predicted molar refractivity (Wildman–Crippen MR) is 71.2 cm³/mol. The summed E-state index contributed by atoms with van der Waals surface area (Å²) in [6.07, 6.45) is 3.14. The zero-order valence-corrected chi connectivity index (χ0v) is 10.4. The molecule has 96 valence electrons. The fraction of sp³-hybridized carbons (Fsp3) is 0.154. The van der Waals surface area contributed by atoms with E-state index < -0.39 is 0 Å². The van der Waals surface area contributed by atoms with Gasteiger partial charge in [-0.2, -0.15) is 4.98 Å². The van der Waals surface area contributed by atoms with Crippen molar-refractivity contribution in [2.24, 2.45) is 5.73 Å². The first kappa shape index (κ1) is 11.6. The topological polar surface area (TPSA) is 78.2 Å². The Morgan fingerprint density at radius 3 is 2.68 bits per heavy atom. The lowest BCUT2D eigenvalue weighted by molar-refractivity contribution is 0.665. The minimum atomic E-state index is -0.366. The largest absolute Gasteiger partial charge is 0.341 e. The van der Waals surface area contributed by atoms with E-state index in [1.54, 1.807) is 19.3 Å². The lowest BCUT2D eigenvalue weighted by atomic mass is 10.3. The van der Waals surface area contributed by atoms with Crippen LogP contribution >= 0.6 is 0 Å². The molecule has 2 aromatic heterocycles. The molecular formula is C13H13N5O. The summed E-state index contributed by atoms with van der Waals surface area (Å²) >= 11 is 0. The van der Waals surface area contributed by atoms with Gasteiger partial charge in [0.05, 0.1) is 11.7 Å². The maximum absolute atomic E-state index is 12.5. The molecule has 0 aliphatic carbocycles. The number of fused-ring (bicyclic) bond motifs is 1. The van der Waals surface area contributed by atoms with Crippen molar-refractivity contribution in [3.05, 3.63) is 59.0 Å². The Hall–Kier alpha value is -2.47. The summed E-state index contributed by atoms with van der Waals surface area (Å²) in [7, 11) is 0. The highest BCUT2D eigenvalue weighted by Crippen LogP contribution is 2.12. The van der Waals surface area contributed by atoms with Gasteiger partial charge >= 0.3 is 5.69 Å². The van der Waals surface area contributed by atoms with Crippen molar-refractivity contribution in [1.29, 1.82) is 0 Å². The molecule has 0 saturated heterocycles. The van der Waals surface area contributed by atoms with E-state index in [-0.39, 0.29) is 11.7 Å². The molecule has 2 heterocycles. The molecule has 0 bridgehead atoms. The molecule has 3 rings (SSSR count). The van der Waals surface area contributed by atoms with Crippen molar-refractivity contribution >= 4 is 5.78 Å². The van der Waals surface area contributed by atoms with E-state index in [1.165, 1.54) is 8.97 Å². The SMILES string of the molecule is CC(N)c1nc2nccn2c(=O)n1-c1ccccc1. The van der Waals surface area contributed by atoms with Gasteiger partial charge in [-0.15, -0.1) is 0 Å². The molecule has 0 amide bonds.